The van der Waals surface area contributed by atoms with Crippen molar-refractivity contribution in [3.8, 4) is 11.5 Å². The Hall–Kier alpha value is -4.13. The van der Waals surface area contributed by atoms with Gasteiger partial charge in [0.25, 0.3) is 0 Å². The zero-order valence-electron chi connectivity index (χ0n) is 17.2. The monoisotopic (exact) mass is 427 g/mol. The number of ether oxygens (including phenoxy) is 2. The van der Waals surface area contributed by atoms with Gasteiger partial charge in [-0.1, -0.05) is 71.8 Å². The maximum absolute atomic E-state index is 12.8. The van der Waals surface area contributed by atoms with E-state index in [1.165, 1.54) is 0 Å². The molecule has 0 spiro atoms. The second-order valence-corrected chi connectivity index (χ2v) is 7.49. The largest absolute Gasteiger partial charge is 0.454 e. The highest BCUT2D eigenvalue weighted by Crippen LogP contribution is 2.33. The maximum atomic E-state index is 12.8. The summed E-state index contributed by atoms with van der Waals surface area (Å²) in [6.45, 7) is 0.225. The van der Waals surface area contributed by atoms with E-state index >= 15 is 0 Å². The van der Waals surface area contributed by atoms with Crippen molar-refractivity contribution >= 4 is 11.9 Å². The maximum Gasteiger partial charge on any atom is 0.322 e. The van der Waals surface area contributed by atoms with Crippen LogP contribution in [0.4, 0.5) is 6.01 Å². The molecule has 3 aromatic carbocycles. The number of carbonyl (C=O) groups excluding carboxylic acids is 1. The van der Waals surface area contributed by atoms with E-state index in [1.807, 2.05) is 78.9 Å². The summed E-state index contributed by atoms with van der Waals surface area (Å²) < 4.78 is 16.4. The van der Waals surface area contributed by atoms with E-state index in [9.17, 15) is 4.79 Å². The Balaban J connectivity index is 1.26. The van der Waals surface area contributed by atoms with Gasteiger partial charge in [-0.3, -0.25) is 10.1 Å². The van der Waals surface area contributed by atoms with Crippen LogP contribution in [-0.4, -0.2) is 22.9 Å². The van der Waals surface area contributed by atoms with Gasteiger partial charge in [0, 0.05) is 12.3 Å². The standard InChI is InChI=1S/C25H21N3O4/c29-23(15-20(18-7-3-1-4-8-18)19-9-5-2-6-10-19)26-25-28-27-24(32-25)14-17-11-12-21-22(13-17)31-16-30-21/h1-13,20H,14-16H2,(H,26,28,29). The molecule has 1 aromatic heterocycles. The molecular formula is C25H21N3O4. The summed E-state index contributed by atoms with van der Waals surface area (Å²) in [5.41, 5.74) is 3.09. The van der Waals surface area contributed by atoms with E-state index in [0.717, 1.165) is 22.4 Å². The van der Waals surface area contributed by atoms with E-state index < -0.39 is 0 Å². The molecule has 0 bridgehead atoms. The van der Waals surface area contributed by atoms with Crippen LogP contribution in [0.5, 0.6) is 11.5 Å². The fraction of sp³-hybridized carbons (Fsp3) is 0.160. The average molecular weight is 427 g/mol. The Morgan fingerprint density at radius 1 is 0.875 bits per heavy atom. The SMILES string of the molecule is O=C(CC(c1ccccc1)c1ccccc1)Nc1nnc(Cc2ccc3c(c2)OCO3)o1. The van der Waals surface area contributed by atoms with Crippen molar-refractivity contribution in [1.29, 1.82) is 0 Å². The minimum atomic E-state index is -0.194. The Morgan fingerprint density at radius 3 is 2.28 bits per heavy atom. The van der Waals surface area contributed by atoms with Crippen LogP contribution in [0.2, 0.25) is 0 Å². The van der Waals surface area contributed by atoms with Gasteiger partial charge in [-0.15, -0.1) is 5.10 Å². The van der Waals surface area contributed by atoms with Crippen LogP contribution in [-0.2, 0) is 11.2 Å². The smallest absolute Gasteiger partial charge is 0.322 e. The van der Waals surface area contributed by atoms with Gasteiger partial charge in [-0.25, -0.2) is 0 Å². The van der Waals surface area contributed by atoms with E-state index in [0.29, 0.717) is 18.1 Å². The number of hydrogen-bond acceptors (Lipinski definition) is 6. The fourth-order valence-corrected chi connectivity index (χ4v) is 3.76. The molecule has 1 N–H and O–H groups in total. The van der Waals surface area contributed by atoms with Crippen LogP contribution in [0.15, 0.2) is 83.3 Å². The molecule has 0 atom stereocenters. The molecule has 0 fully saturated rings. The Morgan fingerprint density at radius 2 is 1.56 bits per heavy atom. The summed E-state index contributed by atoms with van der Waals surface area (Å²) in [5.74, 6) is 1.55. The molecule has 160 valence electrons. The van der Waals surface area contributed by atoms with Crippen LogP contribution in [0.3, 0.4) is 0 Å². The third kappa shape index (κ3) is 4.46. The lowest BCUT2D eigenvalue weighted by Gasteiger charge is -2.17. The lowest BCUT2D eigenvalue weighted by Crippen LogP contribution is -2.16. The average Bonchev–Trinajstić information content (AvgIpc) is 3.47. The van der Waals surface area contributed by atoms with Crippen LogP contribution in [0.1, 0.15) is 34.9 Å². The zero-order chi connectivity index (χ0) is 21.8. The first kappa shape index (κ1) is 19.8. The van der Waals surface area contributed by atoms with Gasteiger partial charge in [-0.2, -0.15) is 0 Å². The molecule has 7 nitrogen and oxygen atoms in total. The topological polar surface area (TPSA) is 86.5 Å². The summed E-state index contributed by atoms with van der Waals surface area (Å²) in [5, 5.41) is 10.8. The molecule has 7 heteroatoms. The van der Waals surface area contributed by atoms with Crippen LogP contribution >= 0.6 is 0 Å². The van der Waals surface area contributed by atoms with Crippen molar-refractivity contribution in [2.45, 2.75) is 18.8 Å². The lowest BCUT2D eigenvalue weighted by molar-refractivity contribution is -0.116. The zero-order valence-corrected chi connectivity index (χ0v) is 17.2. The molecule has 0 saturated carbocycles. The molecule has 1 aliphatic rings. The predicted molar refractivity (Wildman–Crippen MR) is 118 cm³/mol. The van der Waals surface area contributed by atoms with Crippen molar-refractivity contribution < 1.29 is 18.7 Å². The highest BCUT2D eigenvalue weighted by atomic mass is 16.7. The summed E-state index contributed by atoms with van der Waals surface area (Å²) in [6.07, 6.45) is 0.685. The number of amides is 1. The van der Waals surface area contributed by atoms with Crippen LogP contribution < -0.4 is 14.8 Å². The highest BCUT2D eigenvalue weighted by Gasteiger charge is 2.20. The van der Waals surface area contributed by atoms with Gasteiger partial charge in [0.05, 0.1) is 6.42 Å². The quantitative estimate of drug-likeness (QED) is 0.466. The molecule has 5 rings (SSSR count). The minimum Gasteiger partial charge on any atom is -0.454 e. The number of nitrogens with one attached hydrogen (secondary N) is 1. The Labute approximate surface area is 185 Å². The molecule has 4 aromatic rings. The van der Waals surface area contributed by atoms with Gasteiger partial charge in [0.2, 0.25) is 18.6 Å². The van der Waals surface area contributed by atoms with Gasteiger partial charge in [0.1, 0.15) is 0 Å². The van der Waals surface area contributed by atoms with E-state index in [4.69, 9.17) is 13.9 Å². The van der Waals surface area contributed by atoms with Crippen molar-refractivity contribution in [3.05, 3.63) is 101 Å². The van der Waals surface area contributed by atoms with E-state index in [2.05, 4.69) is 15.5 Å². The summed E-state index contributed by atoms with van der Waals surface area (Å²) in [6, 6.07) is 25.7. The van der Waals surface area contributed by atoms with Gasteiger partial charge in [0.15, 0.2) is 11.5 Å². The first-order chi connectivity index (χ1) is 15.7. The third-order valence-electron chi connectivity index (χ3n) is 5.30. The number of nitrogens with zero attached hydrogens (tertiary/aromatic N) is 2. The molecule has 0 radical (unpaired) electrons. The minimum absolute atomic E-state index is 0.0755. The number of rotatable bonds is 7. The number of aromatic nitrogens is 2. The van der Waals surface area contributed by atoms with Crippen LogP contribution in [0.25, 0.3) is 0 Å². The molecule has 0 saturated heterocycles. The molecular weight excluding hydrogens is 406 g/mol. The predicted octanol–water partition coefficient (Wildman–Crippen LogP) is 4.55. The van der Waals surface area contributed by atoms with Crippen molar-refractivity contribution in [2.75, 3.05) is 12.1 Å². The second kappa shape index (κ2) is 8.93. The second-order valence-electron chi connectivity index (χ2n) is 7.49. The number of carbonyl (C=O) groups is 1. The molecule has 2 heterocycles. The fourth-order valence-electron chi connectivity index (χ4n) is 3.76. The molecule has 1 amide bonds. The van der Waals surface area contributed by atoms with E-state index in [-0.39, 0.29) is 31.1 Å². The van der Waals surface area contributed by atoms with Crippen LogP contribution in [0, 0.1) is 0 Å². The summed E-state index contributed by atoms with van der Waals surface area (Å²) in [4.78, 5) is 12.8. The van der Waals surface area contributed by atoms with Crippen molar-refractivity contribution in [2.24, 2.45) is 0 Å². The van der Waals surface area contributed by atoms with Crippen molar-refractivity contribution in [3.63, 3.8) is 0 Å². The van der Waals surface area contributed by atoms with Gasteiger partial charge < -0.3 is 13.9 Å². The van der Waals surface area contributed by atoms with Crippen molar-refractivity contribution in [1.82, 2.24) is 10.2 Å². The first-order valence-corrected chi connectivity index (χ1v) is 10.4. The number of anilines is 1. The molecule has 0 unspecified atom stereocenters. The van der Waals surface area contributed by atoms with Gasteiger partial charge >= 0.3 is 6.01 Å². The molecule has 32 heavy (non-hydrogen) atoms. The normalized spacial score (nSPS) is 12.2. The summed E-state index contributed by atoms with van der Waals surface area (Å²) in [7, 11) is 0. The number of benzene rings is 3. The Bertz CT molecular complexity index is 1170. The highest BCUT2D eigenvalue weighted by molar-refractivity contribution is 5.89. The van der Waals surface area contributed by atoms with Gasteiger partial charge in [-0.05, 0) is 28.8 Å². The molecule has 1 aliphatic heterocycles. The number of fused-ring (bicyclic) bond motifs is 1. The van der Waals surface area contributed by atoms with E-state index in [1.54, 1.807) is 0 Å². The summed E-state index contributed by atoms with van der Waals surface area (Å²) >= 11 is 0. The molecule has 0 aliphatic carbocycles. The number of hydrogen-bond donors (Lipinski definition) is 1. The Kier molecular flexibility index (Phi) is 5.53. The third-order valence-corrected chi connectivity index (χ3v) is 5.30. The first-order valence-electron chi connectivity index (χ1n) is 10.4. The lowest BCUT2D eigenvalue weighted by atomic mass is 9.88.